The minimum atomic E-state index is -0.351. The molecule has 0 amide bonds. The van der Waals surface area contributed by atoms with Gasteiger partial charge in [0, 0.05) is 53.7 Å². The van der Waals surface area contributed by atoms with Crippen molar-refractivity contribution in [3.05, 3.63) is 83.4 Å². The molecule has 1 aliphatic rings. The summed E-state index contributed by atoms with van der Waals surface area (Å²) in [7, 11) is 0. The highest BCUT2D eigenvalue weighted by atomic mass is 19.1. The van der Waals surface area contributed by atoms with Crippen molar-refractivity contribution in [3.8, 4) is 5.88 Å². The number of anilines is 1. The van der Waals surface area contributed by atoms with Crippen LogP contribution in [-0.2, 0) is 0 Å². The van der Waals surface area contributed by atoms with Crippen LogP contribution in [0.15, 0.2) is 65.8 Å². The highest BCUT2D eigenvalue weighted by Crippen LogP contribution is 2.33. The summed E-state index contributed by atoms with van der Waals surface area (Å²) < 4.78 is 13.6. The summed E-state index contributed by atoms with van der Waals surface area (Å²) in [6, 6.07) is 16.6. The fraction of sp³-hybridized carbons (Fsp3) is 0.200. The lowest BCUT2D eigenvalue weighted by Gasteiger charge is -2.21. The molecule has 0 saturated carbocycles. The molecule has 4 aromatic rings. The van der Waals surface area contributed by atoms with Gasteiger partial charge < -0.3 is 15.0 Å². The number of nitrogens with zero attached hydrogens (tertiary/aromatic N) is 3. The molecule has 1 fully saturated rings. The van der Waals surface area contributed by atoms with Gasteiger partial charge in [-0.2, -0.15) is 0 Å². The number of hydrogen-bond donors (Lipinski definition) is 2. The molecular formula is C25H23FN4O. The van der Waals surface area contributed by atoms with Gasteiger partial charge in [0.25, 0.3) is 0 Å². The van der Waals surface area contributed by atoms with E-state index < -0.39 is 0 Å². The quantitative estimate of drug-likeness (QED) is 0.436. The third-order valence-electron chi connectivity index (χ3n) is 5.94. The number of aromatic hydroxyl groups is 1. The van der Waals surface area contributed by atoms with Crippen LogP contribution in [0, 0.1) is 12.7 Å². The Morgan fingerprint density at radius 1 is 1.19 bits per heavy atom. The van der Waals surface area contributed by atoms with E-state index in [2.05, 4.69) is 38.9 Å². The van der Waals surface area contributed by atoms with E-state index in [1.807, 2.05) is 30.5 Å². The van der Waals surface area contributed by atoms with Gasteiger partial charge in [0.05, 0.1) is 11.3 Å². The number of aryl methyl sites for hydroxylation is 1. The number of aromatic amines is 1. The van der Waals surface area contributed by atoms with E-state index in [0.29, 0.717) is 22.4 Å². The smallest absolute Gasteiger partial charge is 0.198 e. The number of aromatic nitrogens is 2. The van der Waals surface area contributed by atoms with Gasteiger partial charge in [-0.3, -0.25) is 9.98 Å². The van der Waals surface area contributed by atoms with E-state index in [-0.39, 0.29) is 11.7 Å². The molecule has 1 saturated heterocycles. The van der Waals surface area contributed by atoms with Crippen molar-refractivity contribution in [3.63, 3.8) is 0 Å². The third-order valence-corrected chi connectivity index (χ3v) is 5.94. The number of benzene rings is 2. The molecule has 6 heteroatoms. The second-order valence-corrected chi connectivity index (χ2v) is 7.99. The van der Waals surface area contributed by atoms with Gasteiger partial charge in [0.2, 0.25) is 0 Å². The number of hydrogen-bond acceptors (Lipinski definition) is 4. The molecular weight excluding hydrogens is 391 g/mol. The number of aliphatic imine (C=N–C) groups is 1. The molecule has 0 bridgehead atoms. The van der Waals surface area contributed by atoms with Gasteiger partial charge in [-0.25, -0.2) is 4.39 Å². The van der Waals surface area contributed by atoms with Crippen molar-refractivity contribution in [2.75, 3.05) is 18.0 Å². The molecule has 156 valence electrons. The van der Waals surface area contributed by atoms with Crippen LogP contribution in [0.4, 0.5) is 15.8 Å². The maximum absolute atomic E-state index is 13.6. The van der Waals surface area contributed by atoms with E-state index in [0.717, 1.165) is 36.5 Å². The molecule has 2 N–H and O–H groups in total. The van der Waals surface area contributed by atoms with Crippen LogP contribution in [0.25, 0.3) is 10.9 Å². The van der Waals surface area contributed by atoms with Crippen molar-refractivity contribution < 1.29 is 9.50 Å². The molecule has 1 aliphatic heterocycles. The summed E-state index contributed by atoms with van der Waals surface area (Å²) in [5, 5.41) is 10.8. The number of halogens is 1. The van der Waals surface area contributed by atoms with Crippen molar-refractivity contribution in [2.24, 2.45) is 4.99 Å². The van der Waals surface area contributed by atoms with E-state index in [1.165, 1.54) is 17.8 Å². The van der Waals surface area contributed by atoms with Crippen LogP contribution in [0.3, 0.4) is 0 Å². The average molecular weight is 414 g/mol. The van der Waals surface area contributed by atoms with Crippen LogP contribution in [-0.4, -0.2) is 34.4 Å². The fourth-order valence-electron chi connectivity index (χ4n) is 4.35. The predicted octanol–water partition coefficient (Wildman–Crippen LogP) is 5.46. The second kappa shape index (κ2) is 7.87. The first kappa shape index (κ1) is 19.3. The molecule has 5 rings (SSSR count). The third kappa shape index (κ3) is 3.77. The predicted molar refractivity (Wildman–Crippen MR) is 122 cm³/mol. The van der Waals surface area contributed by atoms with E-state index in [1.54, 1.807) is 12.3 Å². The second-order valence-electron chi connectivity index (χ2n) is 7.99. The summed E-state index contributed by atoms with van der Waals surface area (Å²) >= 11 is 0. The Morgan fingerprint density at radius 2 is 2.10 bits per heavy atom. The lowest BCUT2D eigenvalue weighted by Crippen LogP contribution is -2.20. The van der Waals surface area contributed by atoms with Crippen LogP contribution >= 0.6 is 0 Å². The normalized spacial score (nSPS) is 16.6. The molecule has 5 nitrogen and oxygen atoms in total. The van der Waals surface area contributed by atoms with Crippen LogP contribution in [0.2, 0.25) is 0 Å². The van der Waals surface area contributed by atoms with Crippen LogP contribution < -0.4 is 4.90 Å². The first-order chi connectivity index (χ1) is 15.1. The van der Waals surface area contributed by atoms with E-state index in [4.69, 9.17) is 0 Å². The minimum absolute atomic E-state index is 0.0182. The first-order valence-electron chi connectivity index (χ1n) is 10.4. The van der Waals surface area contributed by atoms with Gasteiger partial charge >= 0.3 is 0 Å². The van der Waals surface area contributed by atoms with E-state index in [9.17, 15) is 9.50 Å². The van der Waals surface area contributed by atoms with Crippen molar-refractivity contribution in [1.29, 1.82) is 0 Å². The number of nitrogens with one attached hydrogen (secondary N) is 1. The zero-order chi connectivity index (χ0) is 21.4. The molecule has 2 aromatic heterocycles. The Hall–Kier alpha value is -3.67. The highest BCUT2D eigenvalue weighted by molar-refractivity contribution is 6.02. The zero-order valence-electron chi connectivity index (χ0n) is 17.2. The average Bonchev–Trinajstić information content (AvgIpc) is 3.37. The summed E-state index contributed by atoms with van der Waals surface area (Å²) in [6.07, 6.45) is 4.53. The lowest BCUT2D eigenvalue weighted by atomic mass is 10.0. The first-order valence-corrected chi connectivity index (χ1v) is 10.4. The number of pyridine rings is 1. The number of H-pyrrole nitrogens is 1. The van der Waals surface area contributed by atoms with Gasteiger partial charge in [-0.15, -0.1) is 0 Å². The van der Waals surface area contributed by atoms with Crippen molar-refractivity contribution >= 4 is 28.5 Å². The van der Waals surface area contributed by atoms with Crippen molar-refractivity contribution in [1.82, 2.24) is 9.97 Å². The van der Waals surface area contributed by atoms with Gasteiger partial charge in [0.1, 0.15) is 5.82 Å². The topological polar surface area (TPSA) is 64.5 Å². The maximum Gasteiger partial charge on any atom is 0.198 e. The summed E-state index contributed by atoms with van der Waals surface area (Å²) in [5.41, 5.74) is 5.43. The summed E-state index contributed by atoms with van der Waals surface area (Å²) in [5.74, 6) is 0.0785. The van der Waals surface area contributed by atoms with Crippen molar-refractivity contribution in [2.45, 2.75) is 19.3 Å². The molecule has 1 unspecified atom stereocenters. The standard InChI is InChI=1S/C25H23FN4O/c1-16-12-19(28-14-21-20-13-18(26)5-7-23(20)29-25(21)31)6-8-24(16)30-11-9-17(15-30)22-4-2-3-10-27-22/h2-8,10,12-14,17,29,31H,9,11,15H2,1H3. The molecule has 3 heterocycles. The van der Waals surface area contributed by atoms with Gasteiger partial charge in [-0.1, -0.05) is 6.07 Å². The molecule has 1 atom stereocenters. The van der Waals surface area contributed by atoms with Crippen LogP contribution in [0.1, 0.15) is 29.2 Å². The molecule has 2 aromatic carbocycles. The Balaban J connectivity index is 1.36. The van der Waals surface area contributed by atoms with Gasteiger partial charge in [0.15, 0.2) is 5.88 Å². The lowest BCUT2D eigenvalue weighted by molar-refractivity contribution is 0.457. The van der Waals surface area contributed by atoms with E-state index >= 15 is 0 Å². The number of rotatable bonds is 4. The highest BCUT2D eigenvalue weighted by Gasteiger charge is 2.25. The monoisotopic (exact) mass is 414 g/mol. The summed E-state index contributed by atoms with van der Waals surface area (Å²) in [6.45, 7) is 4.04. The molecule has 0 aliphatic carbocycles. The molecule has 31 heavy (non-hydrogen) atoms. The Labute approximate surface area is 179 Å². The SMILES string of the molecule is Cc1cc(N=Cc2c(O)[nH]c3ccc(F)cc23)ccc1N1CCC(c2ccccn2)C1. The maximum atomic E-state index is 13.6. The number of fused-ring (bicyclic) bond motifs is 1. The Morgan fingerprint density at radius 3 is 2.90 bits per heavy atom. The van der Waals surface area contributed by atoms with Gasteiger partial charge in [-0.05, 0) is 67.4 Å². The fourth-order valence-corrected chi connectivity index (χ4v) is 4.35. The minimum Gasteiger partial charge on any atom is -0.494 e. The Bertz CT molecular complexity index is 1270. The summed E-state index contributed by atoms with van der Waals surface area (Å²) in [4.78, 5) is 14.3. The van der Waals surface area contributed by atoms with Crippen LogP contribution in [0.5, 0.6) is 5.88 Å². The molecule has 0 radical (unpaired) electrons. The Kier molecular flexibility index (Phi) is 4.90. The zero-order valence-corrected chi connectivity index (χ0v) is 17.2. The molecule has 0 spiro atoms. The largest absolute Gasteiger partial charge is 0.494 e.